The first kappa shape index (κ1) is 15.8. The summed E-state index contributed by atoms with van der Waals surface area (Å²) in [6.45, 7) is 3.21. The summed E-state index contributed by atoms with van der Waals surface area (Å²) in [5.74, 6) is -0.305. The molecule has 1 aromatic heterocycles. The van der Waals surface area contributed by atoms with E-state index in [1.807, 2.05) is 0 Å². The molecule has 0 bridgehead atoms. The molecule has 1 aliphatic carbocycles. The topological polar surface area (TPSA) is 104 Å². The molecule has 10 heteroatoms. The summed E-state index contributed by atoms with van der Waals surface area (Å²) in [5.41, 5.74) is 0. The third-order valence-electron chi connectivity index (χ3n) is 3.83. The number of aromatic nitrogens is 2. The highest BCUT2D eigenvalue weighted by atomic mass is 32.2. The van der Waals surface area contributed by atoms with E-state index < -0.39 is 10.0 Å². The van der Waals surface area contributed by atoms with E-state index in [-0.39, 0.29) is 21.4 Å². The fourth-order valence-electron chi connectivity index (χ4n) is 2.61. The van der Waals surface area contributed by atoms with Gasteiger partial charge in [0.25, 0.3) is 10.0 Å². The second kappa shape index (κ2) is 6.19. The quantitative estimate of drug-likeness (QED) is 0.749. The SMILES string of the molecule is CC(=O)Nc1nnc(S(=O)(=O)NC2CCN(C3CC3)CC2)s1. The number of sulfonamides is 1. The van der Waals surface area contributed by atoms with E-state index in [1.165, 1.54) is 19.8 Å². The number of piperidine rings is 1. The molecule has 1 saturated heterocycles. The van der Waals surface area contributed by atoms with Gasteiger partial charge < -0.3 is 10.2 Å². The number of hydrogen-bond acceptors (Lipinski definition) is 7. The van der Waals surface area contributed by atoms with E-state index in [9.17, 15) is 13.2 Å². The van der Waals surface area contributed by atoms with Gasteiger partial charge in [0.15, 0.2) is 0 Å². The van der Waals surface area contributed by atoms with Crippen molar-refractivity contribution in [1.29, 1.82) is 0 Å². The van der Waals surface area contributed by atoms with Crippen LogP contribution in [0.25, 0.3) is 0 Å². The maximum atomic E-state index is 12.3. The predicted octanol–water partition coefficient (Wildman–Crippen LogP) is 0.402. The van der Waals surface area contributed by atoms with Crippen LogP contribution in [0.3, 0.4) is 0 Å². The van der Waals surface area contributed by atoms with Gasteiger partial charge in [0.05, 0.1) is 0 Å². The molecule has 3 rings (SSSR count). The maximum Gasteiger partial charge on any atom is 0.270 e. The number of amides is 1. The van der Waals surface area contributed by atoms with Gasteiger partial charge >= 0.3 is 0 Å². The Labute approximate surface area is 133 Å². The first-order valence-corrected chi connectivity index (χ1v) is 9.61. The van der Waals surface area contributed by atoms with Gasteiger partial charge in [-0.05, 0) is 38.8 Å². The lowest BCUT2D eigenvalue weighted by Gasteiger charge is -2.31. The van der Waals surface area contributed by atoms with Crippen LogP contribution in [0.5, 0.6) is 0 Å². The molecular weight excluding hydrogens is 326 g/mol. The third-order valence-corrected chi connectivity index (χ3v) is 6.56. The number of carbonyl (C=O) groups excluding carboxylic acids is 1. The Kier molecular flexibility index (Phi) is 4.44. The average Bonchev–Trinajstić information content (AvgIpc) is 3.18. The van der Waals surface area contributed by atoms with E-state index in [1.54, 1.807) is 0 Å². The Hall–Kier alpha value is -1.10. The molecule has 0 spiro atoms. The molecule has 1 aromatic rings. The van der Waals surface area contributed by atoms with Crippen LogP contribution in [0, 0.1) is 0 Å². The summed E-state index contributed by atoms with van der Waals surface area (Å²) in [4.78, 5) is 13.4. The van der Waals surface area contributed by atoms with Crippen molar-refractivity contribution >= 4 is 32.4 Å². The van der Waals surface area contributed by atoms with Crippen LogP contribution in [-0.2, 0) is 14.8 Å². The summed E-state index contributed by atoms with van der Waals surface area (Å²) < 4.78 is 27.2. The van der Waals surface area contributed by atoms with Gasteiger partial charge in [0.1, 0.15) is 0 Å². The number of anilines is 1. The highest BCUT2D eigenvalue weighted by Crippen LogP contribution is 2.29. The molecule has 2 heterocycles. The standard InChI is InChI=1S/C12H19N5O3S2/c1-8(18)13-11-14-15-12(21-11)22(19,20)16-9-4-6-17(7-5-9)10-2-3-10/h9-10,16H,2-7H2,1H3,(H,13,14,18). The number of hydrogen-bond donors (Lipinski definition) is 2. The fraction of sp³-hybridized carbons (Fsp3) is 0.750. The van der Waals surface area contributed by atoms with Crippen molar-refractivity contribution in [3.05, 3.63) is 0 Å². The van der Waals surface area contributed by atoms with Crippen molar-refractivity contribution in [3.8, 4) is 0 Å². The maximum absolute atomic E-state index is 12.3. The Morgan fingerprint density at radius 2 is 1.91 bits per heavy atom. The molecule has 8 nitrogen and oxygen atoms in total. The molecule has 0 radical (unpaired) electrons. The van der Waals surface area contributed by atoms with Gasteiger partial charge in [0, 0.05) is 19.0 Å². The Morgan fingerprint density at radius 1 is 1.23 bits per heavy atom. The monoisotopic (exact) mass is 345 g/mol. The van der Waals surface area contributed by atoms with Crippen molar-refractivity contribution in [2.24, 2.45) is 0 Å². The second-order valence-corrected chi connectivity index (χ2v) is 8.58. The second-order valence-electron chi connectivity index (χ2n) is 5.72. The summed E-state index contributed by atoms with van der Waals surface area (Å²) >= 11 is 0.857. The molecule has 122 valence electrons. The van der Waals surface area contributed by atoms with Crippen LogP contribution in [0.15, 0.2) is 4.34 Å². The smallest absolute Gasteiger partial charge is 0.270 e. The van der Waals surface area contributed by atoms with Crippen molar-refractivity contribution in [2.75, 3.05) is 18.4 Å². The van der Waals surface area contributed by atoms with Gasteiger partial charge in [-0.3, -0.25) is 4.79 Å². The third kappa shape index (κ3) is 3.80. The van der Waals surface area contributed by atoms with Crippen LogP contribution in [0.2, 0.25) is 0 Å². The number of likely N-dealkylation sites (tertiary alicyclic amines) is 1. The summed E-state index contributed by atoms with van der Waals surface area (Å²) in [7, 11) is -3.67. The minimum atomic E-state index is -3.67. The van der Waals surface area contributed by atoms with Crippen LogP contribution in [-0.4, -0.2) is 54.6 Å². The minimum Gasteiger partial charge on any atom is -0.301 e. The van der Waals surface area contributed by atoms with E-state index in [4.69, 9.17) is 0 Å². The summed E-state index contributed by atoms with van der Waals surface area (Å²) in [6.07, 6.45) is 4.17. The van der Waals surface area contributed by atoms with Gasteiger partial charge in [-0.2, -0.15) is 0 Å². The van der Waals surface area contributed by atoms with Crippen molar-refractivity contribution in [3.63, 3.8) is 0 Å². The summed E-state index contributed by atoms with van der Waals surface area (Å²) in [6, 6.07) is 0.661. The van der Waals surface area contributed by atoms with Crippen molar-refractivity contribution < 1.29 is 13.2 Å². The van der Waals surface area contributed by atoms with Gasteiger partial charge in [-0.1, -0.05) is 11.3 Å². The van der Waals surface area contributed by atoms with Crippen molar-refractivity contribution in [2.45, 2.75) is 49.0 Å². The molecule has 0 unspecified atom stereocenters. The van der Waals surface area contributed by atoms with Crippen LogP contribution < -0.4 is 10.0 Å². The van der Waals surface area contributed by atoms with E-state index in [0.29, 0.717) is 0 Å². The molecule has 2 N–H and O–H groups in total. The highest BCUT2D eigenvalue weighted by molar-refractivity contribution is 7.91. The largest absolute Gasteiger partial charge is 0.301 e. The van der Waals surface area contributed by atoms with E-state index >= 15 is 0 Å². The Morgan fingerprint density at radius 3 is 2.50 bits per heavy atom. The van der Waals surface area contributed by atoms with Crippen LogP contribution in [0.4, 0.5) is 5.13 Å². The molecule has 22 heavy (non-hydrogen) atoms. The molecule has 2 aliphatic rings. The minimum absolute atomic E-state index is 0.0619. The van der Waals surface area contributed by atoms with E-state index in [2.05, 4.69) is 25.1 Å². The molecule has 0 aromatic carbocycles. The molecule has 0 atom stereocenters. The Balaban J connectivity index is 1.58. The normalized spacial score (nSPS) is 21.0. The zero-order valence-corrected chi connectivity index (χ0v) is 13.9. The molecule has 2 fully saturated rings. The average molecular weight is 345 g/mol. The van der Waals surface area contributed by atoms with Crippen molar-refractivity contribution in [1.82, 2.24) is 19.8 Å². The number of rotatable bonds is 5. The van der Waals surface area contributed by atoms with Crippen LogP contribution in [0.1, 0.15) is 32.6 Å². The molecule has 1 saturated carbocycles. The molecule has 1 amide bonds. The Bertz CT molecular complexity index is 647. The van der Waals surface area contributed by atoms with Gasteiger partial charge in [-0.25, -0.2) is 13.1 Å². The zero-order valence-electron chi connectivity index (χ0n) is 12.3. The molecule has 1 aliphatic heterocycles. The number of nitrogens with one attached hydrogen (secondary N) is 2. The highest BCUT2D eigenvalue weighted by Gasteiger charge is 2.33. The number of carbonyl (C=O) groups is 1. The van der Waals surface area contributed by atoms with Crippen LogP contribution >= 0.6 is 11.3 Å². The molecular formula is C12H19N5O3S2. The predicted molar refractivity (Wildman–Crippen MR) is 82.2 cm³/mol. The first-order valence-electron chi connectivity index (χ1n) is 7.31. The summed E-state index contributed by atoms with van der Waals surface area (Å²) in [5, 5.41) is 9.95. The lowest BCUT2D eigenvalue weighted by molar-refractivity contribution is -0.114. The van der Waals surface area contributed by atoms with E-state index in [0.717, 1.165) is 43.3 Å². The van der Waals surface area contributed by atoms with Gasteiger partial charge in [0.2, 0.25) is 15.4 Å². The lowest BCUT2D eigenvalue weighted by atomic mass is 10.1. The zero-order chi connectivity index (χ0) is 15.7. The lowest BCUT2D eigenvalue weighted by Crippen LogP contribution is -2.45. The number of nitrogens with zero attached hydrogens (tertiary/aromatic N) is 3. The van der Waals surface area contributed by atoms with Gasteiger partial charge in [-0.15, -0.1) is 10.2 Å². The fourth-order valence-corrected chi connectivity index (χ4v) is 4.88. The first-order chi connectivity index (χ1) is 10.4.